The summed E-state index contributed by atoms with van der Waals surface area (Å²) >= 11 is 6.30. The van der Waals surface area contributed by atoms with Crippen LogP contribution in [0.25, 0.3) is 0 Å². The number of amides is 2. The first kappa shape index (κ1) is 34.7. The van der Waals surface area contributed by atoms with E-state index < -0.39 is 34.3 Å². The van der Waals surface area contributed by atoms with Crippen LogP contribution >= 0.6 is 11.6 Å². The zero-order valence-corrected chi connectivity index (χ0v) is 28.2. The summed E-state index contributed by atoms with van der Waals surface area (Å²) in [5.74, 6) is -0.817. The van der Waals surface area contributed by atoms with E-state index in [1.54, 1.807) is 24.3 Å². The van der Waals surface area contributed by atoms with E-state index in [9.17, 15) is 22.4 Å². The average molecular weight is 694 g/mol. The molecule has 12 heteroatoms. The normalized spacial score (nSPS) is 13.1. The highest BCUT2D eigenvalue weighted by Crippen LogP contribution is 2.34. The Morgan fingerprint density at radius 2 is 1.56 bits per heavy atom. The lowest BCUT2D eigenvalue weighted by atomic mass is 10.0. The Bertz CT molecular complexity index is 1840. The van der Waals surface area contributed by atoms with Crippen LogP contribution in [0, 0.1) is 11.7 Å². The lowest BCUT2D eigenvalue weighted by Gasteiger charge is -2.34. The van der Waals surface area contributed by atoms with Crippen LogP contribution in [-0.2, 0) is 32.6 Å². The van der Waals surface area contributed by atoms with Crippen LogP contribution in [0.2, 0.25) is 5.02 Å². The minimum atomic E-state index is -4.43. The first-order chi connectivity index (χ1) is 23.0. The molecule has 48 heavy (non-hydrogen) atoms. The summed E-state index contributed by atoms with van der Waals surface area (Å²) in [5, 5.41) is 3.40. The van der Waals surface area contributed by atoms with Crippen LogP contribution in [0.15, 0.2) is 102 Å². The van der Waals surface area contributed by atoms with E-state index in [2.05, 4.69) is 5.32 Å². The van der Waals surface area contributed by atoms with Gasteiger partial charge in [-0.2, -0.15) is 0 Å². The Morgan fingerprint density at radius 3 is 2.25 bits per heavy atom. The first-order valence-corrected chi connectivity index (χ1v) is 17.4. The third-order valence-electron chi connectivity index (χ3n) is 7.69. The van der Waals surface area contributed by atoms with E-state index >= 15 is 0 Å². The molecular weight excluding hydrogens is 657 g/mol. The van der Waals surface area contributed by atoms with Crippen LogP contribution in [0.4, 0.5) is 10.1 Å². The molecule has 4 aromatic rings. The third kappa shape index (κ3) is 8.64. The molecule has 0 aromatic heterocycles. The number of anilines is 1. The van der Waals surface area contributed by atoms with Crippen molar-refractivity contribution in [3.8, 4) is 11.5 Å². The van der Waals surface area contributed by atoms with Crippen LogP contribution in [0.5, 0.6) is 11.5 Å². The number of hydrogen-bond donors (Lipinski definition) is 1. The second-order valence-electron chi connectivity index (χ2n) is 11.8. The fourth-order valence-electron chi connectivity index (χ4n) is 5.26. The van der Waals surface area contributed by atoms with Gasteiger partial charge in [-0.15, -0.1) is 0 Å². The van der Waals surface area contributed by atoms with E-state index in [1.165, 1.54) is 35.2 Å². The molecule has 2 amide bonds. The van der Waals surface area contributed by atoms with Crippen LogP contribution in [0.1, 0.15) is 25.0 Å². The van der Waals surface area contributed by atoms with Gasteiger partial charge >= 0.3 is 0 Å². The SMILES string of the molecule is CC(C)CNC(=O)[C@H](Cc1ccccc1)N(Cc1cccc(Cl)c1)C(=O)CN(c1ccc(F)cc1)S(=O)(=O)c1ccc2c(c1)OCCO2. The Kier molecular flexibility index (Phi) is 11.2. The molecular formula is C36H37ClFN3O6S. The number of rotatable bonds is 13. The van der Waals surface area contributed by atoms with Crippen molar-refractivity contribution in [2.75, 3.05) is 30.6 Å². The largest absolute Gasteiger partial charge is 0.486 e. The van der Waals surface area contributed by atoms with Crippen molar-refractivity contribution in [3.63, 3.8) is 0 Å². The minimum absolute atomic E-state index is 0.0344. The smallest absolute Gasteiger partial charge is 0.264 e. The number of nitrogens with zero attached hydrogens (tertiary/aromatic N) is 2. The lowest BCUT2D eigenvalue weighted by Crippen LogP contribution is -2.53. The molecule has 1 aliphatic rings. The Balaban J connectivity index is 1.57. The number of nitrogens with one attached hydrogen (secondary N) is 1. The van der Waals surface area contributed by atoms with Gasteiger partial charge in [0, 0.05) is 30.6 Å². The molecule has 1 atom stereocenters. The fraction of sp³-hybridized carbons (Fsp3) is 0.278. The van der Waals surface area contributed by atoms with E-state index in [0.29, 0.717) is 29.5 Å². The molecule has 0 radical (unpaired) electrons. The Labute approximate surface area is 285 Å². The van der Waals surface area contributed by atoms with Crippen molar-refractivity contribution in [1.29, 1.82) is 0 Å². The number of benzene rings is 4. The van der Waals surface area contributed by atoms with E-state index in [4.69, 9.17) is 21.1 Å². The molecule has 0 saturated heterocycles. The summed E-state index contributed by atoms with van der Waals surface area (Å²) in [6.07, 6.45) is 0.169. The second-order valence-corrected chi connectivity index (χ2v) is 14.1. The van der Waals surface area contributed by atoms with Crippen LogP contribution in [-0.4, -0.2) is 57.5 Å². The third-order valence-corrected chi connectivity index (χ3v) is 9.70. The zero-order chi connectivity index (χ0) is 34.3. The number of carbonyl (C=O) groups excluding carboxylic acids is 2. The molecule has 1 heterocycles. The molecule has 0 spiro atoms. The summed E-state index contributed by atoms with van der Waals surface area (Å²) in [5.41, 5.74) is 1.52. The van der Waals surface area contributed by atoms with Gasteiger partial charge in [-0.05, 0) is 65.6 Å². The van der Waals surface area contributed by atoms with Crippen molar-refractivity contribution >= 4 is 39.1 Å². The number of fused-ring (bicyclic) bond motifs is 1. The highest BCUT2D eigenvalue weighted by Gasteiger charge is 2.35. The highest BCUT2D eigenvalue weighted by atomic mass is 35.5. The van der Waals surface area contributed by atoms with Gasteiger partial charge in [0.15, 0.2) is 11.5 Å². The van der Waals surface area contributed by atoms with Gasteiger partial charge in [-0.3, -0.25) is 13.9 Å². The van der Waals surface area contributed by atoms with Crippen LogP contribution in [0.3, 0.4) is 0 Å². The van der Waals surface area contributed by atoms with E-state index in [1.807, 2.05) is 44.2 Å². The number of hydrogen-bond acceptors (Lipinski definition) is 6. The van der Waals surface area contributed by atoms with Gasteiger partial charge in [-0.25, -0.2) is 12.8 Å². The molecule has 0 fully saturated rings. The van der Waals surface area contributed by atoms with Gasteiger partial charge in [0.1, 0.15) is 31.6 Å². The maximum atomic E-state index is 14.6. The standard InChI is InChI=1S/C36H37ClFN3O6S/c1-25(2)22-39-36(43)32(20-26-7-4-3-5-8-26)40(23-27-9-6-10-28(37)19-27)35(42)24-41(30-13-11-29(38)12-14-30)48(44,45)31-15-16-33-34(21-31)47-18-17-46-33/h3-16,19,21,25,32H,17-18,20,22-24H2,1-2H3,(H,39,43)/t32-/m0/s1. The summed E-state index contributed by atoms with van der Waals surface area (Å²) < 4.78 is 54.7. The molecule has 0 saturated carbocycles. The second kappa shape index (κ2) is 15.5. The van der Waals surface area contributed by atoms with E-state index in [-0.39, 0.29) is 47.7 Å². The van der Waals surface area contributed by atoms with Crippen molar-refractivity contribution < 1.29 is 31.9 Å². The highest BCUT2D eigenvalue weighted by molar-refractivity contribution is 7.92. The van der Waals surface area contributed by atoms with Crippen molar-refractivity contribution in [2.45, 2.75) is 37.8 Å². The summed E-state index contributed by atoms with van der Waals surface area (Å²) in [6, 6.07) is 24.2. The molecule has 4 aromatic carbocycles. The van der Waals surface area contributed by atoms with Gasteiger partial charge < -0.3 is 19.7 Å². The topological polar surface area (TPSA) is 105 Å². The molecule has 0 unspecified atom stereocenters. The molecule has 5 rings (SSSR count). The van der Waals surface area contributed by atoms with Gasteiger partial charge in [0.25, 0.3) is 10.0 Å². The summed E-state index contributed by atoms with van der Waals surface area (Å²) in [6.45, 7) is 4.15. The quantitative estimate of drug-likeness (QED) is 0.188. The zero-order valence-electron chi connectivity index (χ0n) is 26.6. The molecule has 9 nitrogen and oxygen atoms in total. The van der Waals surface area contributed by atoms with Crippen molar-refractivity contribution in [2.24, 2.45) is 5.92 Å². The average Bonchev–Trinajstić information content (AvgIpc) is 3.08. The minimum Gasteiger partial charge on any atom is -0.486 e. The number of carbonyl (C=O) groups is 2. The summed E-state index contributed by atoms with van der Waals surface area (Å²) in [4.78, 5) is 29.7. The Morgan fingerprint density at radius 1 is 0.875 bits per heavy atom. The van der Waals surface area contributed by atoms with Gasteiger partial charge in [-0.1, -0.05) is 67.9 Å². The molecule has 1 aliphatic heterocycles. The van der Waals surface area contributed by atoms with Gasteiger partial charge in [0.2, 0.25) is 11.8 Å². The first-order valence-electron chi connectivity index (χ1n) is 15.5. The number of ether oxygens (including phenoxy) is 2. The molecule has 0 aliphatic carbocycles. The number of sulfonamides is 1. The predicted molar refractivity (Wildman–Crippen MR) is 182 cm³/mol. The maximum Gasteiger partial charge on any atom is 0.264 e. The number of halogens is 2. The summed E-state index contributed by atoms with van der Waals surface area (Å²) in [7, 11) is -4.43. The monoisotopic (exact) mass is 693 g/mol. The lowest BCUT2D eigenvalue weighted by molar-refractivity contribution is -0.140. The van der Waals surface area contributed by atoms with Crippen molar-refractivity contribution in [3.05, 3.63) is 119 Å². The van der Waals surface area contributed by atoms with Gasteiger partial charge in [0.05, 0.1) is 10.6 Å². The molecule has 252 valence electrons. The predicted octanol–water partition coefficient (Wildman–Crippen LogP) is 5.86. The van der Waals surface area contributed by atoms with Crippen LogP contribution < -0.4 is 19.1 Å². The molecule has 0 bridgehead atoms. The fourth-order valence-corrected chi connectivity index (χ4v) is 6.90. The maximum absolute atomic E-state index is 14.6. The Hall–Kier alpha value is -4.61. The molecule has 1 N–H and O–H groups in total. The van der Waals surface area contributed by atoms with Crippen molar-refractivity contribution in [1.82, 2.24) is 10.2 Å². The van der Waals surface area contributed by atoms with E-state index in [0.717, 1.165) is 22.0 Å².